The molecule has 0 amide bonds. The van der Waals surface area contributed by atoms with Crippen molar-refractivity contribution in [1.29, 1.82) is 5.26 Å². The van der Waals surface area contributed by atoms with Crippen molar-refractivity contribution >= 4 is 13.7 Å². The molecular formula is C27H30FN5OSi. The lowest BCUT2D eigenvalue weighted by Crippen LogP contribution is -2.22. The Labute approximate surface area is 206 Å². The summed E-state index contributed by atoms with van der Waals surface area (Å²) >= 11 is 0. The van der Waals surface area contributed by atoms with E-state index in [0.717, 1.165) is 52.6 Å². The zero-order valence-corrected chi connectivity index (χ0v) is 21.7. The molecule has 1 aliphatic rings. The van der Waals surface area contributed by atoms with Gasteiger partial charge in [0, 0.05) is 43.5 Å². The van der Waals surface area contributed by atoms with Gasteiger partial charge in [0.25, 0.3) is 0 Å². The number of nitriles is 1. The van der Waals surface area contributed by atoms with E-state index in [1.807, 2.05) is 33.5 Å². The lowest BCUT2D eigenvalue weighted by atomic mass is 9.97. The molecule has 8 heteroatoms. The minimum Gasteiger partial charge on any atom is -0.360 e. The monoisotopic (exact) mass is 487 g/mol. The number of halogens is 1. The van der Waals surface area contributed by atoms with Gasteiger partial charge in [0.2, 0.25) is 0 Å². The first-order valence-corrected chi connectivity index (χ1v) is 15.8. The molecule has 5 rings (SSSR count). The summed E-state index contributed by atoms with van der Waals surface area (Å²) < 4.78 is 24.0. The van der Waals surface area contributed by atoms with Crippen LogP contribution in [0, 0.1) is 24.1 Å². The van der Waals surface area contributed by atoms with Crippen LogP contribution in [0.15, 0.2) is 42.7 Å². The second-order valence-corrected chi connectivity index (χ2v) is 16.2. The first kappa shape index (κ1) is 23.5. The lowest BCUT2D eigenvalue weighted by molar-refractivity contribution is 0.0767. The van der Waals surface area contributed by atoms with Gasteiger partial charge in [0.05, 0.1) is 11.9 Å². The van der Waals surface area contributed by atoms with E-state index in [-0.39, 0.29) is 5.82 Å². The fourth-order valence-corrected chi connectivity index (χ4v) is 5.12. The molecule has 1 aliphatic carbocycles. The van der Waals surface area contributed by atoms with Gasteiger partial charge in [-0.3, -0.25) is 4.40 Å². The quantitative estimate of drug-likeness (QED) is 0.214. The minimum atomic E-state index is -1.19. The maximum absolute atomic E-state index is 14.1. The molecule has 1 saturated carbocycles. The van der Waals surface area contributed by atoms with Crippen LogP contribution in [0.4, 0.5) is 4.39 Å². The topological polar surface area (TPSA) is 68.1 Å². The van der Waals surface area contributed by atoms with Crippen molar-refractivity contribution in [2.24, 2.45) is 0 Å². The van der Waals surface area contributed by atoms with Gasteiger partial charge in [-0.25, -0.2) is 14.1 Å². The van der Waals surface area contributed by atoms with E-state index in [1.54, 1.807) is 19.2 Å². The first-order valence-electron chi connectivity index (χ1n) is 12.1. The van der Waals surface area contributed by atoms with Crippen molar-refractivity contribution in [3.8, 4) is 28.5 Å². The van der Waals surface area contributed by atoms with Crippen molar-refractivity contribution in [3.05, 3.63) is 65.5 Å². The first-order chi connectivity index (χ1) is 16.7. The molecule has 3 heterocycles. The van der Waals surface area contributed by atoms with Crippen molar-refractivity contribution < 1.29 is 9.13 Å². The van der Waals surface area contributed by atoms with Crippen LogP contribution >= 0.6 is 0 Å². The summed E-state index contributed by atoms with van der Waals surface area (Å²) in [7, 11) is -1.19. The van der Waals surface area contributed by atoms with Gasteiger partial charge < -0.3 is 4.74 Å². The summed E-state index contributed by atoms with van der Waals surface area (Å²) in [6.45, 7) is 9.90. The zero-order chi connectivity index (χ0) is 24.7. The van der Waals surface area contributed by atoms with Crippen LogP contribution in [-0.2, 0) is 11.5 Å². The highest BCUT2D eigenvalue weighted by Gasteiger charge is 2.33. The number of hydrogen-bond acceptors (Lipinski definition) is 4. The van der Waals surface area contributed by atoms with Gasteiger partial charge in [-0.2, -0.15) is 10.4 Å². The van der Waals surface area contributed by atoms with Gasteiger partial charge in [-0.15, -0.1) is 0 Å². The summed E-state index contributed by atoms with van der Waals surface area (Å²) in [6.07, 6.45) is 5.75. The number of benzene rings is 1. The Balaban J connectivity index is 1.64. The molecule has 1 aromatic carbocycles. The Morgan fingerprint density at radius 2 is 1.94 bits per heavy atom. The number of imidazole rings is 1. The Bertz CT molecular complexity index is 1440. The fraction of sp³-hybridized carbons (Fsp3) is 0.370. The van der Waals surface area contributed by atoms with E-state index < -0.39 is 8.07 Å². The number of hydrogen-bond donors (Lipinski definition) is 0. The number of nitrogens with zero attached hydrogens (tertiary/aromatic N) is 5. The molecule has 0 atom stereocenters. The Morgan fingerprint density at radius 1 is 1.17 bits per heavy atom. The molecule has 0 aliphatic heterocycles. The van der Waals surface area contributed by atoms with Gasteiger partial charge in [0.15, 0.2) is 0 Å². The summed E-state index contributed by atoms with van der Waals surface area (Å²) in [5.74, 6) is 0.174. The molecule has 0 N–H and O–H groups in total. The maximum Gasteiger partial charge on any atom is 0.144 e. The molecule has 3 aromatic heterocycles. The Hall–Kier alpha value is -3.28. The Kier molecular flexibility index (Phi) is 6.07. The predicted molar refractivity (Wildman–Crippen MR) is 137 cm³/mol. The maximum atomic E-state index is 14.1. The predicted octanol–water partition coefficient (Wildman–Crippen LogP) is 6.37. The average molecular weight is 488 g/mol. The van der Waals surface area contributed by atoms with Crippen LogP contribution in [0.3, 0.4) is 0 Å². The van der Waals surface area contributed by atoms with Crippen molar-refractivity contribution in [1.82, 2.24) is 19.2 Å². The number of aryl methyl sites for hydroxylation is 1. The normalized spacial score (nSPS) is 13.9. The number of aromatic nitrogens is 4. The highest BCUT2D eigenvalue weighted by atomic mass is 28.3. The molecule has 4 aromatic rings. The number of ether oxygens (including phenoxy) is 1. The molecule has 1 fully saturated rings. The summed E-state index contributed by atoms with van der Waals surface area (Å²) in [5.41, 5.74) is 6.59. The number of rotatable bonds is 8. The zero-order valence-electron chi connectivity index (χ0n) is 20.7. The highest BCUT2D eigenvalue weighted by molar-refractivity contribution is 6.76. The van der Waals surface area contributed by atoms with Crippen LogP contribution in [0.5, 0.6) is 0 Å². The van der Waals surface area contributed by atoms with Gasteiger partial charge in [0.1, 0.15) is 35.7 Å². The second-order valence-electron chi connectivity index (χ2n) is 10.6. The number of fused-ring (bicyclic) bond motifs is 1. The third kappa shape index (κ3) is 4.79. The van der Waals surface area contributed by atoms with E-state index in [4.69, 9.17) is 9.84 Å². The molecule has 0 spiro atoms. The molecule has 0 unspecified atom stereocenters. The summed E-state index contributed by atoms with van der Waals surface area (Å²) in [5, 5.41) is 14.6. The molecule has 6 nitrogen and oxygen atoms in total. The van der Waals surface area contributed by atoms with Crippen LogP contribution in [-0.4, -0.2) is 33.8 Å². The van der Waals surface area contributed by atoms with Crippen molar-refractivity contribution in [2.45, 2.75) is 58.1 Å². The van der Waals surface area contributed by atoms with Crippen LogP contribution in [0.1, 0.15) is 35.7 Å². The van der Waals surface area contributed by atoms with Gasteiger partial charge in [-0.1, -0.05) is 19.6 Å². The van der Waals surface area contributed by atoms with Crippen LogP contribution in [0.2, 0.25) is 25.7 Å². The van der Waals surface area contributed by atoms with Crippen molar-refractivity contribution in [2.75, 3.05) is 6.61 Å². The molecule has 35 heavy (non-hydrogen) atoms. The minimum absolute atomic E-state index is 0.231. The molecular weight excluding hydrogens is 457 g/mol. The van der Waals surface area contributed by atoms with E-state index in [9.17, 15) is 9.65 Å². The standard InChI is InChI=1S/C27H30FN5OSi/c1-18-13-20(7-9-23(18)28)26-25(21-8-10-24-30-15-22(14-29)32(24)16-21)27(19-5-6-19)33(31-26)17-34-11-12-35(2,3)4/h7-10,13,15-16,19H,5-6,11-12,17H2,1-4H3. The Morgan fingerprint density at radius 3 is 2.63 bits per heavy atom. The molecule has 180 valence electrons. The summed E-state index contributed by atoms with van der Waals surface area (Å²) in [6, 6.07) is 12.4. The van der Waals surface area contributed by atoms with E-state index >= 15 is 0 Å². The second kappa shape index (κ2) is 9.06. The third-order valence-electron chi connectivity index (χ3n) is 6.51. The SMILES string of the molecule is Cc1cc(-c2nn(COCC[Si](C)(C)C)c(C3CC3)c2-c2ccc3ncc(C#N)n3c2)ccc1F. The molecule has 0 saturated heterocycles. The molecule has 0 radical (unpaired) electrons. The van der Waals surface area contributed by atoms with Crippen LogP contribution in [0.25, 0.3) is 28.0 Å². The smallest absolute Gasteiger partial charge is 0.144 e. The van der Waals surface area contributed by atoms with E-state index in [0.29, 0.717) is 30.5 Å². The number of pyridine rings is 1. The van der Waals surface area contributed by atoms with Gasteiger partial charge >= 0.3 is 0 Å². The average Bonchev–Trinajstić information content (AvgIpc) is 3.46. The van der Waals surface area contributed by atoms with E-state index in [2.05, 4.69) is 30.7 Å². The van der Waals surface area contributed by atoms with Crippen LogP contribution < -0.4 is 0 Å². The third-order valence-corrected chi connectivity index (χ3v) is 8.21. The highest BCUT2D eigenvalue weighted by Crippen LogP contribution is 2.48. The molecule has 0 bridgehead atoms. The summed E-state index contributed by atoms with van der Waals surface area (Å²) in [4.78, 5) is 4.33. The van der Waals surface area contributed by atoms with E-state index in [1.165, 1.54) is 6.07 Å². The fourth-order valence-electron chi connectivity index (χ4n) is 4.36. The van der Waals surface area contributed by atoms with Gasteiger partial charge in [-0.05, 0) is 61.7 Å². The van der Waals surface area contributed by atoms with Crippen molar-refractivity contribution in [3.63, 3.8) is 0 Å². The largest absolute Gasteiger partial charge is 0.360 e. The lowest BCUT2D eigenvalue weighted by Gasteiger charge is -2.16.